The van der Waals surface area contributed by atoms with E-state index in [1.165, 1.54) is 12.1 Å². The van der Waals surface area contributed by atoms with Gasteiger partial charge in [-0.25, -0.2) is 0 Å². The van der Waals surface area contributed by atoms with E-state index in [0.29, 0.717) is 18.1 Å². The number of hydrogen-bond acceptors (Lipinski definition) is 5. The van der Waals surface area contributed by atoms with Gasteiger partial charge >= 0.3 is 5.69 Å². The lowest BCUT2D eigenvalue weighted by Crippen LogP contribution is -2.48. The molecule has 0 radical (unpaired) electrons. The van der Waals surface area contributed by atoms with Gasteiger partial charge in [0.1, 0.15) is 6.29 Å². The van der Waals surface area contributed by atoms with E-state index in [9.17, 15) is 19.7 Å². The number of aldehydes is 1. The minimum atomic E-state index is -0.870. The summed E-state index contributed by atoms with van der Waals surface area (Å²) < 4.78 is 5.50. The highest BCUT2D eigenvalue weighted by molar-refractivity contribution is 5.81. The molecule has 1 N–H and O–H groups in total. The van der Waals surface area contributed by atoms with Crippen LogP contribution < -0.4 is 10.1 Å². The number of carbonyl (C=O) groups is 2. The molecule has 0 bridgehead atoms. The summed E-state index contributed by atoms with van der Waals surface area (Å²) in [6.07, 6.45) is 2.82. The fourth-order valence-corrected chi connectivity index (χ4v) is 3.18. The van der Waals surface area contributed by atoms with E-state index in [4.69, 9.17) is 4.74 Å². The van der Waals surface area contributed by atoms with Gasteiger partial charge in [0.05, 0.1) is 4.92 Å². The molecule has 0 spiro atoms. The Hall–Kier alpha value is -2.44. The van der Waals surface area contributed by atoms with Crippen molar-refractivity contribution in [3.05, 3.63) is 33.9 Å². The lowest BCUT2D eigenvalue weighted by molar-refractivity contribution is -0.386. The van der Waals surface area contributed by atoms with Crippen LogP contribution in [0.25, 0.3) is 0 Å². The Morgan fingerprint density at radius 3 is 2.76 bits per heavy atom. The number of carbonyl (C=O) groups excluding carboxylic acids is 2. The third kappa shape index (κ3) is 4.55. The average Bonchev–Trinajstić information content (AvgIpc) is 2.59. The topological polar surface area (TPSA) is 98.5 Å². The first kappa shape index (κ1) is 18.9. The normalized spacial score (nSPS) is 24.2. The van der Waals surface area contributed by atoms with Crippen molar-refractivity contribution in [2.75, 3.05) is 0 Å². The third-order valence-electron chi connectivity index (χ3n) is 5.02. The lowest BCUT2D eigenvalue weighted by atomic mass is 9.78. The molecule has 0 aromatic heterocycles. The highest BCUT2D eigenvalue weighted by atomic mass is 16.6. The summed E-state index contributed by atoms with van der Waals surface area (Å²) in [6, 6.07) is 3.99. The van der Waals surface area contributed by atoms with Gasteiger partial charge < -0.3 is 10.1 Å². The maximum atomic E-state index is 12.4. The molecule has 0 saturated heterocycles. The Morgan fingerprint density at radius 2 is 2.12 bits per heavy atom. The Morgan fingerprint density at radius 1 is 1.40 bits per heavy atom. The second kappa shape index (κ2) is 8.09. The summed E-state index contributed by atoms with van der Waals surface area (Å²) in [5.74, 6) is 0.612. The number of rotatable bonds is 6. The molecule has 1 amide bonds. The molecule has 0 heterocycles. The van der Waals surface area contributed by atoms with Gasteiger partial charge in [-0.15, -0.1) is 0 Å². The van der Waals surface area contributed by atoms with Gasteiger partial charge in [-0.2, -0.15) is 0 Å². The first-order chi connectivity index (χ1) is 11.8. The molecule has 1 aliphatic carbocycles. The second-order valence-electron chi connectivity index (χ2n) is 6.74. The number of hydrogen-bond donors (Lipinski definition) is 1. The molecule has 1 fully saturated rings. The summed E-state index contributed by atoms with van der Waals surface area (Å²) in [6.45, 7) is 5.87. The summed E-state index contributed by atoms with van der Waals surface area (Å²) >= 11 is 0. The molecule has 7 nitrogen and oxygen atoms in total. The van der Waals surface area contributed by atoms with Crippen LogP contribution in [-0.4, -0.2) is 29.3 Å². The first-order valence-corrected chi connectivity index (χ1v) is 8.54. The monoisotopic (exact) mass is 348 g/mol. The molecule has 1 aromatic rings. The van der Waals surface area contributed by atoms with Crippen LogP contribution in [0.5, 0.6) is 5.75 Å². The van der Waals surface area contributed by atoms with Crippen molar-refractivity contribution in [1.29, 1.82) is 0 Å². The molecule has 1 aliphatic rings. The number of nitro groups is 1. The molecular formula is C18H24N2O5. The van der Waals surface area contributed by atoms with E-state index in [2.05, 4.69) is 19.2 Å². The van der Waals surface area contributed by atoms with Crippen molar-refractivity contribution in [3.8, 4) is 5.75 Å². The Kier molecular flexibility index (Phi) is 6.12. The van der Waals surface area contributed by atoms with E-state index >= 15 is 0 Å². The van der Waals surface area contributed by atoms with Crippen LogP contribution >= 0.6 is 0 Å². The minimum absolute atomic E-state index is 0.0247. The molecule has 136 valence electrons. The molecule has 7 heteroatoms. The molecule has 25 heavy (non-hydrogen) atoms. The van der Waals surface area contributed by atoms with Gasteiger partial charge in [0.15, 0.2) is 11.9 Å². The molecule has 0 aliphatic heterocycles. The number of nitrogens with one attached hydrogen (secondary N) is 1. The maximum Gasteiger partial charge on any atom is 0.311 e. The standard InChI is InChI=1S/C18H24N2O5/c1-11-5-4-6-15(12(11)2)19-18(22)13(3)25-17-8-7-14(10-21)9-16(17)20(23)24/h7-13,15H,4-6H2,1-3H3,(H,19,22)/t11-,12+,13+,15-/m0/s1. The van der Waals surface area contributed by atoms with Gasteiger partial charge in [0, 0.05) is 17.7 Å². The van der Waals surface area contributed by atoms with Crippen LogP contribution in [0.2, 0.25) is 0 Å². The Balaban J connectivity index is 2.06. The van der Waals surface area contributed by atoms with Crippen LogP contribution in [0.3, 0.4) is 0 Å². The van der Waals surface area contributed by atoms with E-state index in [1.807, 2.05) is 0 Å². The summed E-state index contributed by atoms with van der Waals surface area (Å²) in [5, 5.41) is 14.1. The van der Waals surface area contributed by atoms with Gasteiger partial charge in [-0.05, 0) is 37.3 Å². The number of benzene rings is 1. The predicted octanol–water partition coefficient (Wildman–Crippen LogP) is 3.12. The van der Waals surface area contributed by atoms with E-state index in [0.717, 1.165) is 25.3 Å². The van der Waals surface area contributed by atoms with Gasteiger partial charge in [0.25, 0.3) is 5.91 Å². The fourth-order valence-electron chi connectivity index (χ4n) is 3.18. The van der Waals surface area contributed by atoms with Crippen molar-refractivity contribution in [2.45, 2.75) is 52.2 Å². The number of nitrogens with zero attached hydrogens (tertiary/aromatic N) is 1. The highest BCUT2D eigenvalue weighted by Crippen LogP contribution is 2.30. The Bertz CT molecular complexity index is 661. The van der Waals surface area contributed by atoms with Crippen molar-refractivity contribution in [3.63, 3.8) is 0 Å². The van der Waals surface area contributed by atoms with E-state index in [1.54, 1.807) is 6.92 Å². The van der Waals surface area contributed by atoms with Crippen LogP contribution in [0.4, 0.5) is 5.69 Å². The maximum absolute atomic E-state index is 12.4. The van der Waals surface area contributed by atoms with Crippen molar-refractivity contribution >= 4 is 17.9 Å². The van der Waals surface area contributed by atoms with Crippen LogP contribution in [0.15, 0.2) is 18.2 Å². The van der Waals surface area contributed by atoms with E-state index < -0.39 is 11.0 Å². The van der Waals surface area contributed by atoms with Gasteiger partial charge in [0.2, 0.25) is 0 Å². The summed E-state index contributed by atoms with van der Waals surface area (Å²) in [5.41, 5.74) is -0.148. The zero-order valence-corrected chi connectivity index (χ0v) is 14.7. The second-order valence-corrected chi connectivity index (χ2v) is 6.74. The first-order valence-electron chi connectivity index (χ1n) is 8.54. The smallest absolute Gasteiger partial charge is 0.311 e. The summed E-state index contributed by atoms with van der Waals surface area (Å²) in [7, 11) is 0. The van der Waals surface area contributed by atoms with Gasteiger partial charge in [-0.1, -0.05) is 26.7 Å². The Labute approximate surface area is 146 Å². The van der Waals surface area contributed by atoms with Gasteiger partial charge in [-0.3, -0.25) is 19.7 Å². The zero-order valence-electron chi connectivity index (χ0n) is 14.7. The lowest BCUT2D eigenvalue weighted by Gasteiger charge is -2.35. The van der Waals surface area contributed by atoms with E-state index in [-0.39, 0.29) is 28.9 Å². The SMILES string of the molecule is C[C@H]1[C@@H](NC(=O)[C@@H](C)Oc2ccc(C=O)cc2[N+](=O)[O-])CCC[C@@H]1C. The quantitative estimate of drug-likeness (QED) is 0.484. The number of amides is 1. The number of nitro benzene ring substituents is 1. The predicted molar refractivity (Wildman–Crippen MR) is 92.7 cm³/mol. The van der Waals surface area contributed by atoms with Crippen LogP contribution in [0.1, 0.15) is 50.4 Å². The molecule has 2 rings (SSSR count). The molecule has 1 aromatic carbocycles. The molecule has 0 unspecified atom stereocenters. The van der Waals surface area contributed by atoms with Crippen molar-refractivity contribution < 1.29 is 19.2 Å². The zero-order chi connectivity index (χ0) is 18.6. The number of ether oxygens (including phenoxy) is 1. The molecule has 1 saturated carbocycles. The minimum Gasteiger partial charge on any atom is -0.474 e. The fraction of sp³-hybridized carbons (Fsp3) is 0.556. The highest BCUT2D eigenvalue weighted by Gasteiger charge is 2.30. The van der Waals surface area contributed by atoms with Crippen molar-refractivity contribution in [2.24, 2.45) is 11.8 Å². The van der Waals surface area contributed by atoms with Crippen LogP contribution in [-0.2, 0) is 4.79 Å². The summed E-state index contributed by atoms with van der Waals surface area (Å²) in [4.78, 5) is 33.7. The largest absolute Gasteiger partial charge is 0.474 e. The molecular weight excluding hydrogens is 324 g/mol. The van der Waals surface area contributed by atoms with Crippen molar-refractivity contribution in [1.82, 2.24) is 5.32 Å². The third-order valence-corrected chi connectivity index (χ3v) is 5.02. The molecule has 4 atom stereocenters. The van der Waals surface area contributed by atoms with Crippen LogP contribution in [0, 0.1) is 22.0 Å². The average molecular weight is 348 g/mol.